The van der Waals surface area contributed by atoms with Gasteiger partial charge in [0.05, 0.1) is 0 Å². The maximum atomic E-state index is 2.34. The van der Waals surface area contributed by atoms with Crippen LogP contribution in [-0.4, -0.2) is 0 Å². The molecule has 11 heavy (non-hydrogen) atoms. The van der Waals surface area contributed by atoms with Crippen molar-refractivity contribution in [1.82, 2.24) is 0 Å². The molecular formula is C11H14. The minimum Gasteiger partial charge on any atom is -0.0622 e. The van der Waals surface area contributed by atoms with Crippen molar-refractivity contribution in [3.8, 4) is 0 Å². The number of hydrogen-bond acceptors (Lipinski definition) is 0. The van der Waals surface area contributed by atoms with Gasteiger partial charge in [-0.2, -0.15) is 0 Å². The van der Waals surface area contributed by atoms with Gasteiger partial charge in [-0.15, -0.1) is 0 Å². The average molecular weight is 146 g/mol. The summed E-state index contributed by atoms with van der Waals surface area (Å²) >= 11 is 0. The SMILES string of the molecule is C[C@@H]1CCc2ccccc2C1. The summed E-state index contributed by atoms with van der Waals surface area (Å²) in [5.74, 6) is 0.893. The Morgan fingerprint density at radius 2 is 1.91 bits per heavy atom. The van der Waals surface area contributed by atoms with Gasteiger partial charge < -0.3 is 0 Å². The topological polar surface area (TPSA) is 0 Å². The van der Waals surface area contributed by atoms with Gasteiger partial charge in [0.1, 0.15) is 0 Å². The zero-order valence-corrected chi connectivity index (χ0v) is 7.01. The van der Waals surface area contributed by atoms with E-state index in [0.717, 1.165) is 5.92 Å². The average Bonchev–Trinajstić information content (AvgIpc) is 2.04. The molecule has 0 heterocycles. The van der Waals surface area contributed by atoms with Gasteiger partial charge in [-0.3, -0.25) is 0 Å². The van der Waals surface area contributed by atoms with E-state index in [2.05, 4.69) is 31.2 Å². The lowest BCUT2D eigenvalue weighted by Gasteiger charge is -2.20. The standard InChI is InChI=1S/C11H14/c1-9-6-7-10-4-2-3-5-11(10)8-9/h2-5,9H,6-8H2,1H3/t9-/m1/s1. The van der Waals surface area contributed by atoms with Crippen LogP contribution in [0.1, 0.15) is 24.5 Å². The highest BCUT2D eigenvalue weighted by molar-refractivity contribution is 5.29. The van der Waals surface area contributed by atoms with Crippen LogP contribution in [-0.2, 0) is 12.8 Å². The Balaban J connectivity index is 2.34. The molecule has 1 aromatic carbocycles. The van der Waals surface area contributed by atoms with Crippen molar-refractivity contribution in [1.29, 1.82) is 0 Å². The maximum Gasteiger partial charge on any atom is -0.0250 e. The van der Waals surface area contributed by atoms with Crippen molar-refractivity contribution in [3.05, 3.63) is 35.4 Å². The van der Waals surface area contributed by atoms with Crippen molar-refractivity contribution in [2.45, 2.75) is 26.2 Å². The van der Waals surface area contributed by atoms with E-state index in [-0.39, 0.29) is 0 Å². The van der Waals surface area contributed by atoms with E-state index in [1.165, 1.54) is 19.3 Å². The first-order valence-corrected chi connectivity index (χ1v) is 4.43. The van der Waals surface area contributed by atoms with Gasteiger partial charge in [0, 0.05) is 0 Å². The van der Waals surface area contributed by atoms with E-state index in [9.17, 15) is 0 Å². The van der Waals surface area contributed by atoms with Gasteiger partial charge in [0.15, 0.2) is 0 Å². The Morgan fingerprint density at radius 3 is 2.73 bits per heavy atom. The Hall–Kier alpha value is -0.780. The molecular weight excluding hydrogens is 132 g/mol. The lowest BCUT2D eigenvalue weighted by molar-refractivity contribution is 0.501. The highest BCUT2D eigenvalue weighted by Gasteiger charge is 2.13. The summed E-state index contributed by atoms with van der Waals surface area (Å²) < 4.78 is 0. The lowest BCUT2D eigenvalue weighted by Crippen LogP contribution is -2.10. The molecule has 0 aromatic heterocycles. The first kappa shape index (κ1) is 6.90. The molecule has 0 heteroatoms. The minimum absolute atomic E-state index is 0.893. The predicted octanol–water partition coefficient (Wildman–Crippen LogP) is 2.81. The van der Waals surface area contributed by atoms with Crippen LogP contribution in [0.25, 0.3) is 0 Å². The second kappa shape index (κ2) is 2.69. The summed E-state index contributed by atoms with van der Waals surface area (Å²) in [6.07, 6.45) is 3.95. The molecule has 0 radical (unpaired) electrons. The zero-order valence-electron chi connectivity index (χ0n) is 7.01. The summed E-state index contributed by atoms with van der Waals surface area (Å²) in [6.45, 7) is 2.34. The lowest BCUT2D eigenvalue weighted by atomic mass is 9.85. The summed E-state index contributed by atoms with van der Waals surface area (Å²) in [5, 5.41) is 0. The largest absolute Gasteiger partial charge is 0.0622 e. The smallest absolute Gasteiger partial charge is 0.0250 e. The Kier molecular flexibility index (Phi) is 1.69. The van der Waals surface area contributed by atoms with Crippen molar-refractivity contribution < 1.29 is 0 Å². The van der Waals surface area contributed by atoms with E-state index in [1.807, 2.05) is 0 Å². The molecule has 2 rings (SSSR count). The fourth-order valence-electron chi connectivity index (χ4n) is 1.88. The summed E-state index contributed by atoms with van der Waals surface area (Å²) in [7, 11) is 0. The predicted molar refractivity (Wildman–Crippen MR) is 47.6 cm³/mol. The monoisotopic (exact) mass is 146 g/mol. The molecule has 0 aliphatic heterocycles. The first-order valence-electron chi connectivity index (χ1n) is 4.43. The third-order valence-corrected chi connectivity index (χ3v) is 2.59. The summed E-state index contributed by atoms with van der Waals surface area (Å²) in [4.78, 5) is 0. The van der Waals surface area contributed by atoms with Crippen molar-refractivity contribution in [3.63, 3.8) is 0 Å². The normalized spacial score (nSPS) is 22.8. The van der Waals surface area contributed by atoms with Crippen molar-refractivity contribution in [2.75, 3.05) is 0 Å². The van der Waals surface area contributed by atoms with Crippen LogP contribution in [0.3, 0.4) is 0 Å². The van der Waals surface area contributed by atoms with E-state index in [1.54, 1.807) is 11.1 Å². The first-order chi connectivity index (χ1) is 5.36. The number of aryl methyl sites for hydroxylation is 1. The molecule has 1 aliphatic carbocycles. The summed E-state index contributed by atoms with van der Waals surface area (Å²) in [6, 6.07) is 8.83. The quantitative estimate of drug-likeness (QED) is 0.528. The highest BCUT2D eigenvalue weighted by Crippen LogP contribution is 2.24. The molecule has 0 nitrogen and oxygen atoms in total. The molecule has 0 N–H and O–H groups in total. The van der Waals surface area contributed by atoms with E-state index in [0.29, 0.717) is 0 Å². The van der Waals surface area contributed by atoms with E-state index < -0.39 is 0 Å². The van der Waals surface area contributed by atoms with E-state index >= 15 is 0 Å². The van der Waals surface area contributed by atoms with Crippen LogP contribution in [0.4, 0.5) is 0 Å². The number of hydrogen-bond donors (Lipinski definition) is 0. The molecule has 0 saturated heterocycles. The zero-order chi connectivity index (χ0) is 7.68. The highest BCUT2D eigenvalue weighted by atomic mass is 14.2. The fourth-order valence-corrected chi connectivity index (χ4v) is 1.88. The maximum absolute atomic E-state index is 2.34. The van der Waals surface area contributed by atoms with Crippen molar-refractivity contribution in [2.24, 2.45) is 5.92 Å². The third kappa shape index (κ3) is 1.30. The van der Waals surface area contributed by atoms with Crippen LogP contribution >= 0.6 is 0 Å². The third-order valence-electron chi connectivity index (χ3n) is 2.59. The summed E-state index contributed by atoms with van der Waals surface area (Å²) in [5.41, 5.74) is 3.15. The van der Waals surface area contributed by atoms with Gasteiger partial charge in [0.25, 0.3) is 0 Å². The van der Waals surface area contributed by atoms with Crippen LogP contribution in [0.15, 0.2) is 24.3 Å². The molecule has 0 fully saturated rings. The van der Waals surface area contributed by atoms with Crippen molar-refractivity contribution >= 4 is 0 Å². The van der Waals surface area contributed by atoms with Gasteiger partial charge in [-0.1, -0.05) is 31.2 Å². The molecule has 1 atom stereocenters. The number of benzene rings is 1. The van der Waals surface area contributed by atoms with Gasteiger partial charge in [-0.25, -0.2) is 0 Å². The van der Waals surface area contributed by atoms with Crippen LogP contribution in [0.2, 0.25) is 0 Å². The van der Waals surface area contributed by atoms with Gasteiger partial charge in [0.2, 0.25) is 0 Å². The fraction of sp³-hybridized carbons (Fsp3) is 0.455. The second-order valence-electron chi connectivity index (χ2n) is 3.62. The second-order valence-corrected chi connectivity index (χ2v) is 3.62. The number of fused-ring (bicyclic) bond motifs is 1. The number of rotatable bonds is 0. The molecule has 0 spiro atoms. The minimum atomic E-state index is 0.893. The van der Waals surface area contributed by atoms with E-state index in [4.69, 9.17) is 0 Å². The molecule has 58 valence electrons. The molecule has 0 unspecified atom stereocenters. The molecule has 0 saturated carbocycles. The van der Waals surface area contributed by atoms with Gasteiger partial charge in [-0.05, 0) is 36.3 Å². The molecule has 0 bridgehead atoms. The van der Waals surface area contributed by atoms with Crippen LogP contribution < -0.4 is 0 Å². The Bertz CT molecular complexity index is 250. The van der Waals surface area contributed by atoms with Crippen LogP contribution in [0, 0.1) is 5.92 Å². The van der Waals surface area contributed by atoms with Crippen LogP contribution in [0.5, 0.6) is 0 Å². The molecule has 1 aliphatic rings. The Morgan fingerprint density at radius 1 is 1.18 bits per heavy atom. The Labute approximate surface area is 68.3 Å². The molecule has 0 amide bonds. The van der Waals surface area contributed by atoms with Gasteiger partial charge >= 0.3 is 0 Å². The molecule has 1 aromatic rings.